The lowest BCUT2D eigenvalue weighted by atomic mass is 10.0. The van der Waals surface area contributed by atoms with Crippen molar-refractivity contribution in [1.82, 2.24) is 5.32 Å². The Labute approximate surface area is 165 Å². The van der Waals surface area contributed by atoms with Crippen molar-refractivity contribution in [3.63, 3.8) is 0 Å². The van der Waals surface area contributed by atoms with Gasteiger partial charge in [0.05, 0.1) is 6.61 Å². The van der Waals surface area contributed by atoms with Crippen LogP contribution in [0.4, 0.5) is 11.4 Å². The lowest BCUT2D eigenvalue weighted by Gasteiger charge is -2.27. The fourth-order valence-corrected chi connectivity index (χ4v) is 3.29. The molecule has 6 heteroatoms. The molecule has 3 rings (SSSR count). The molecular formula is C22H27N3O3. The van der Waals surface area contributed by atoms with Crippen molar-refractivity contribution in [3.8, 4) is 0 Å². The minimum atomic E-state index is -0.655. The number of benzene rings is 2. The first-order chi connectivity index (χ1) is 13.6. The van der Waals surface area contributed by atoms with Crippen LogP contribution in [0.25, 0.3) is 0 Å². The number of aryl methyl sites for hydroxylation is 1. The average Bonchev–Trinajstić information content (AvgIpc) is 2.71. The quantitative estimate of drug-likeness (QED) is 0.755. The van der Waals surface area contributed by atoms with E-state index in [4.69, 9.17) is 4.74 Å². The first kappa shape index (κ1) is 19.9. The van der Waals surface area contributed by atoms with Gasteiger partial charge in [0, 0.05) is 38.1 Å². The number of hydrogen-bond donors (Lipinski definition) is 2. The third kappa shape index (κ3) is 5.10. The molecule has 2 aromatic rings. The molecule has 6 nitrogen and oxygen atoms in total. The van der Waals surface area contributed by atoms with Crippen molar-refractivity contribution in [2.45, 2.75) is 32.9 Å². The molecule has 0 saturated carbocycles. The highest BCUT2D eigenvalue weighted by molar-refractivity contribution is 6.39. The molecule has 0 radical (unpaired) electrons. The van der Waals surface area contributed by atoms with Crippen LogP contribution in [0.15, 0.2) is 42.5 Å². The molecule has 1 aliphatic rings. The molecule has 2 amide bonds. The highest BCUT2D eigenvalue weighted by atomic mass is 16.5. The van der Waals surface area contributed by atoms with Crippen LogP contribution in [0.5, 0.6) is 0 Å². The fraction of sp³-hybridized carbons (Fsp3) is 0.364. The molecule has 2 aromatic carbocycles. The zero-order valence-electron chi connectivity index (χ0n) is 16.5. The molecular weight excluding hydrogens is 354 g/mol. The van der Waals surface area contributed by atoms with Crippen molar-refractivity contribution in [1.29, 1.82) is 0 Å². The molecule has 0 fully saturated rings. The van der Waals surface area contributed by atoms with Crippen molar-refractivity contribution in [2.75, 3.05) is 30.4 Å². The molecule has 1 heterocycles. The van der Waals surface area contributed by atoms with E-state index >= 15 is 0 Å². The third-order valence-corrected chi connectivity index (χ3v) is 4.84. The van der Waals surface area contributed by atoms with Gasteiger partial charge in [-0.3, -0.25) is 9.59 Å². The van der Waals surface area contributed by atoms with Crippen LogP contribution in [0, 0.1) is 0 Å². The molecule has 0 saturated heterocycles. The van der Waals surface area contributed by atoms with Crippen molar-refractivity contribution in [3.05, 3.63) is 59.2 Å². The van der Waals surface area contributed by atoms with E-state index in [1.54, 1.807) is 0 Å². The van der Waals surface area contributed by atoms with Gasteiger partial charge >= 0.3 is 11.8 Å². The monoisotopic (exact) mass is 381 g/mol. The van der Waals surface area contributed by atoms with E-state index in [1.807, 2.05) is 49.4 Å². The summed E-state index contributed by atoms with van der Waals surface area (Å²) >= 11 is 0. The summed E-state index contributed by atoms with van der Waals surface area (Å²) in [5.41, 5.74) is 5.03. The SMILES string of the molecule is CCOCc1ccc(CNC(=O)C(=O)Nc2ccc3c(c2)CCCN3C)cc1. The summed E-state index contributed by atoms with van der Waals surface area (Å²) in [6, 6.07) is 13.5. The van der Waals surface area contributed by atoms with Gasteiger partial charge in [-0.1, -0.05) is 24.3 Å². The van der Waals surface area contributed by atoms with E-state index in [1.165, 1.54) is 11.3 Å². The maximum absolute atomic E-state index is 12.2. The Morgan fingerprint density at radius 3 is 2.57 bits per heavy atom. The second kappa shape index (κ2) is 9.37. The Balaban J connectivity index is 1.51. The van der Waals surface area contributed by atoms with Gasteiger partial charge in [-0.25, -0.2) is 0 Å². The van der Waals surface area contributed by atoms with Crippen LogP contribution < -0.4 is 15.5 Å². The summed E-state index contributed by atoms with van der Waals surface area (Å²) in [5, 5.41) is 5.35. The number of fused-ring (bicyclic) bond motifs is 1. The molecule has 0 atom stereocenters. The molecule has 0 spiro atoms. The molecule has 0 aromatic heterocycles. The number of rotatable bonds is 6. The van der Waals surface area contributed by atoms with Gasteiger partial charge in [-0.2, -0.15) is 0 Å². The Morgan fingerprint density at radius 1 is 1.07 bits per heavy atom. The normalized spacial score (nSPS) is 13.0. The molecule has 1 aliphatic heterocycles. The minimum absolute atomic E-state index is 0.302. The fourth-order valence-electron chi connectivity index (χ4n) is 3.29. The number of anilines is 2. The number of hydrogen-bond acceptors (Lipinski definition) is 4. The number of carbonyl (C=O) groups is 2. The van der Waals surface area contributed by atoms with Gasteiger partial charge in [0.15, 0.2) is 0 Å². The largest absolute Gasteiger partial charge is 0.377 e. The topological polar surface area (TPSA) is 70.7 Å². The highest BCUT2D eigenvalue weighted by Gasteiger charge is 2.17. The van der Waals surface area contributed by atoms with Gasteiger partial charge in [-0.15, -0.1) is 0 Å². The standard InChI is InChI=1S/C22H27N3O3/c1-3-28-15-17-8-6-16(7-9-17)14-23-21(26)22(27)24-19-10-11-20-18(13-19)5-4-12-25(20)2/h6-11,13H,3-5,12,14-15H2,1-2H3,(H,23,26)(H,24,27). The number of amides is 2. The molecule has 0 bridgehead atoms. The maximum Gasteiger partial charge on any atom is 0.313 e. The highest BCUT2D eigenvalue weighted by Crippen LogP contribution is 2.28. The van der Waals surface area contributed by atoms with Gasteiger partial charge in [-0.05, 0) is 54.7 Å². The van der Waals surface area contributed by atoms with Crippen LogP contribution >= 0.6 is 0 Å². The van der Waals surface area contributed by atoms with Crippen LogP contribution in [0.2, 0.25) is 0 Å². The molecule has 2 N–H and O–H groups in total. The summed E-state index contributed by atoms with van der Waals surface area (Å²) in [5.74, 6) is -1.30. The van der Waals surface area contributed by atoms with E-state index in [0.29, 0.717) is 25.4 Å². The van der Waals surface area contributed by atoms with Crippen LogP contribution in [0.1, 0.15) is 30.0 Å². The van der Waals surface area contributed by atoms with E-state index in [0.717, 1.165) is 30.5 Å². The second-order valence-corrected chi connectivity index (χ2v) is 6.96. The second-order valence-electron chi connectivity index (χ2n) is 6.96. The molecule has 0 aliphatic carbocycles. The van der Waals surface area contributed by atoms with Crippen molar-refractivity contribution in [2.24, 2.45) is 0 Å². The maximum atomic E-state index is 12.2. The van der Waals surface area contributed by atoms with Gasteiger partial charge < -0.3 is 20.3 Å². The van der Waals surface area contributed by atoms with E-state index < -0.39 is 11.8 Å². The van der Waals surface area contributed by atoms with Crippen molar-refractivity contribution < 1.29 is 14.3 Å². The van der Waals surface area contributed by atoms with Gasteiger partial charge in [0.1, 0.15) is 0 Å². The zero-order chi connectivity index (χ0) is 19.9. The summed E-state index contributed by atoms with van der Waals surface area (Å²) < 4.78 is 5.36. The van der Waals surface area contributed by atoms with Crippen LogP contribution in [-0.4, -0.2) is 32.0 Å². The predicted octanol–water partition coefficient (Wildman–Crippen LogP) is 2.86. The third-order valence-electron chi connectivity index (χ3n) is 4.84. The summed E-state index contributed by atoms with van der Waals surface area (Å²) in [6.07, 6.45) is 2.07. The Hall–Kier alpha value is -2.86. The Morgan fingerprint density at radius 2 is 1.82 bits per heavy atom. The number of carbonyl (C=O) groups excluding carboxylic acids is 2. The zero-order valence-corrected chi connectivity index (χ0v) is 16.5. The van der Waals surface area contributed by atoms with Crippen LogP contribution in [-0.2, 0) is 33.9 Å². The first-order valence-corrected chi connectivity index (χ1v) is 9.65. The average molecular weight is 381 g/mol. The van der Waals surface area contributed by atoms with E-state index in [2.05, 4.69) is 22.6 Å². The molecule has 0 unspecified atom stereocenters. The number of ether oxygens (including phenoxy) is 1. The Bertz CT molecular complexity index is 833. The smallest absolute Gasteiger partial charge is 0.313 e. The summed E-state index contributed by atoms with van der Waals surface area (Å²) in [7, 11) is 2.06. The van der Waals surface area contributed by atoms with E-state index in [9.17, 15) is 9.59 Å². The lowest BCUT2D eigenvalue weighted by molar-refractivity contribution is -0.136. The van der Waals surface area contributed by atoms with Crippen molar-refractivity contribution >= 4 is 23.2 Å². The van der Waals surface area contributed by atoms with Gasteiger partial charge in [0.2, 0.25) is 0 Å². The first-order valence-electron chi connectivity index (χ1n) is 9.65. The van der Waals surface area contributed by atoms with E-state index in [-0.39, 0.29) is 0 Å². The predicted molar refractivity (Wildman–Crippen MR) is 110 cm³/mol. The molecule has 28 heavy (non-hydrogen) atoms. The molecule has 148 valence electrons. The number of nitrogens with zero attached hydrogens (tertiary/aromatic N) is 1. The number of nitrogens with one attached hydrogen (secondary N) is 2. The van der Waals surface area contributed by atoms with Gasteiger partial charge in [0.25, 0.3) is 0 Å². The summed E-state index contributed by atoms with van der Waals surface area (Å²) in [4.78, 5) is 26.5. The Kier molecular flexibility index (Phi) is 6.66. The lowest BCUT2D eigenvalue weighted by Crippen LogP contribution is -2.35. The minimum Gasteiger partial charge on any atom is -0.377 e. The summed E-state index contributed by atoms with van der Waals surface area (Å²) in [6.45, 7) is 4.54. The van der Waals surface area contributed by atoms with Crippen LogP contribution in [0.3, 0.4) is 0 Å².